The van der Waals surface area contributed by atoms with Crippen LogP contribution in [-0.4, -0.2) is 64.7 Å². The molecule has 2 aliphatic rings. The Morgan fingerprint density at radius 3 is 2.86 bits per heavy atom. The van der Waals surface area contributed by atoms with E-state index in [1.54, 1.807) is 0 Å². The van der Waals surface area contributed by atoms with Crippen LogP contribution in [0, 0.1) is 0 Å². The minimum Gasteiger partial charge on any atom is -0.368 e. The molecule has 1 amide bonds. The first-order valence-electron chi connectivity index (χ1n) is 7.74. The minimum absolute atomic E-state index is 0.155. The van der Waals surface area contributed by atoms with Crippen LogP contribution in [0.1, 0.15) is 31.1 Å². The fourth-order valence-electron chi connectivity index (χ4n) is 3.19. The van der Waals surface area contributed by atoms with Crippen molar-refractivity contribution < 1.29 is 9.53 Å². The molecule has 0 spiro atoms. The highest BCUT2D eigenvalue weighted by Gasteiger charge is 2.34. The number of hydrogen-bond acceptors (Lipinski definition) is 4. The van der Waals surface area contributed by atoms with E-state index >= 15 is 0 Å². The van der Waals surface area contributed by atoms with E-state index in [4.69, 9.17) is 4.74 Å². The molecule has 3 rings (SSSR count). The Morgan fingerprint density at radius 1 is 1.33 bits per heavy atom. The Labute approximate surface area is 125 Å². The van der Waals surface area contributed by atoms with E-state index in [0.717, 1.165) is 38.2 Å². The summed E-state index contributed by atoms with van der Waals surface area (Å²) in [5.41, 5.74) is 0. The molecule has 1 aromatic heterocycles. The zero-order valence-corrected chi connectivity index (χ0v) is 12.9. The van der Waals surface area contributed by atoms with Gasteiger partial charge in [-0.1, -0.05) is 0 Å². The second kappa shape index (κ2) is 6.15. The van der Waals surface area contributed by atoms with E-state index in [1.165, 1.54) is 0 Å². The van der Waals surface area contributed by atoms with Crippen molar-refractivity contribution in [2.75, 3.05) is 33.3 Å². The molecule has 1 aromatic rings. The van der Waals surface area contributed by atoms with Gasteiger partial charge in [0, 0.05) is 45.7 Å². The van der Waals surface area contributed by atoms with Gasteiger partial charge in [0.05, 0.1) is 6.04 Å². The van der Waals surface area contributed by atoms with E-state index in [0.29, 0.717) is 13.2 Å². The fraction of sp³-hybridized carbons (Fsp3) is 0.733. The number of ether oxygens (including phenoxy) is 1. The Morgan fingerprint density at radius 2 is 2.19 bits per heavy atom. The van der Waals surface area contributed by atoms with Crippen LogP contribution in [-0.2, 0) is 16.6 Å². The van der Waals surface area contributed by atoms with E-state index < -0.39 is 0 Å². The number of piperazine rings is 1. The highest BCUT2D eigenvalue weighted by atomic mass is 16.5. The number of imidazole rings is 1. The molecule has 0 N–H and O–H groups in total. The number of likely N-dealkylation sites (N-methyl/N-ethyl adjacent to an activating group) is 1. The molecule has 0 bridgehead atoms. The molecule has 0 radical (unpaired) electrons. The van der Waals surface area contributed by atoms with E-state index in [1.807, 2.05) is 28.9 Å². The molecule has 0 aromatic carbocycles. The summed E-state index contributed by atoms with van der Waals surface area (Å²) in [6, 6.07) is 0.159. The monoisotopic (exact) mass is 292 g/mol. The number of carbonyl (C=O) groups excluding carboxylic acids is 1. The third-order valence-corrected chi connectivity index (χ3v) is 4.57. The van der Waals surface area contributed by atoms with Gasteiger partial charge in [-0.05, 0) is 26.3 Å². The van der Waals surface area contributed by atoms with Crippen molar-refractivity contribution in [2.24, 2.45) is 7.05 Å². The summed E-state index contributed by atoms with van der Waals surface area (Å²) < 4.78 is 7.68. The molecule has 2 aliphatic heterocycles. The first-order chi connectivity index (χ1) is 10.2. The Balaban J connectivity index is 1.70. The summed E-state index contributed by atoms with van der Waals surface area (Å²) >= 11 is 0. The van der Waals surface area contributed by atoms with Gasteiger partial charge in [0.2, 0.25) is 0 Å². The molecule has 2 saturated heterocycles. The molecular weight excluding hydrogens is 268 g/mol. The summed E-state index contributed by atoms with van der Waals surface area (Å²) in [5, 5.41) is 0. The minimum atomic E-state index is -0.232. The number of amides is 1. The molecule has 6 heteroatoms. The van der Waals surface area contributed by atoms with Gasteiger partial charge in [0.25, 0.3) is 5.91 Å². The molecule has 2 fully saturated rings. The van der Waals surface area contributed by atoms with Gasteiger partial charge in [0.1, 0.15) is 11.9 Å². The van der Waals surface area contributed by atoms with E-state index in [9.17, 15) is 4.79 Å². The molecule has 0 saturated carbocycles. The van der Waals surface area contributed by atoms with Crippen molar-refractivity contribution in [3.63, 3.8) is 0 Å². The summed E-state index contributed by atoms with van der Waals surface area (Å²) in [7, 11) is 4.10. The summed E-state index contributed by atoms with van der Waals surface area (Å²) in [5.74, 6) is 1.17. The van der Waals surface area contributed by atoms with Gasteiger partial charge in [-0.2, -0.15) is 0 Å². The smallest absolute Gasteiger partial charge is 0.251 e. The first kappa shape index (κ1) is 14.5. The number of rotatable bonds is 2. The fourth-order valence-corrected chi connectivity index (χ4v) is 3.19. The van der Waals surface area contributed by atoms with Gasteiger partial charge in [0.15, 0.2) is 0 Å². The van der Waals surface area contributed by atoms with Crippen LogP contribution in [0.15, 0.2) is 12.4 Å². The number of aryl methyl sites for hydroxylation is 1. The van der Waals surface area contributed by atoms with Crippen LogP contribution < -0.4 is 0 Å². The lowest BCUT2D eigenvalue weighted by atomic mass is 10.1. The van der Waals surface area contributed by atoms with Gasteiger partial charge in [-0.15, -0.1) is 0 Å². The zero-order chi connectivity index (χ0) is 14.8. The lowest BCUT2D eigenvalue weighted by molar-refractivity contribution is -0.149. The number of carbonyl (C=O) groups is 1. The van der Waals surface area contributed by atoms with Crippen LogP contribution in [0.25, 0.3) is 0 Å². The maximum atomic E-state index is 12.6. The van der Waals surface area contributed by atoms with E-state index in [2.05, 4.69) is 16.9 Å². The predicted octanol–water partition coefficient (Wildman–Crippen LogP) is 0.804. The third-order valence-electron chi connectivity index (χ3n) is 4.57. The van der Waals surface area contributed by atoms with Crippen molar-refractivity contribution in [3.05, 3.63) is 18.2 Å². The highest BCUT2D eigenvalue weighted by Crippen LogP contribution is 2.24. The second-order valence-corrected chi connectivity index (χ2v) is 6.03. The summed E-state index contributed by atoms with van der Waals surface area (Å²) in [4.78, 5) is 21.3. The normalized spacial score (nSPS) is 27.8. The topological polar surface area (TPSA) is 50.6 Å². The standard InChI is InChI=1S/C15H24N4O2/c1-17-8-9-19(15(20)13-5-3-4-10-21-13)11-12(17)14-16-6-7-18(14)2/h6-7,12-13H,3-5,8-11H2,1-2H3/t12-,13+/m1/s1. The maximum absolute atomic E-state index is 12.6. The van der Waals surface area contributed by atoms with Crippen molar-refractivity contribution in [3.8, 4) is 0 Å². The van der Waals surface area contributed by atoms with Crippen LogP contribution in [0.2, 0.25) is 0 Å². The second-order valence-electron chi connectivity index (χ2n) is 6.03. The van der Waals surface area contributed by atoms with Crippen molar-refractivity contribution in [1.29, 1.82) is 0 Å². The van der Waals surface area contributed by atoms with E-state index in [-0.39, 0.29) is 18.1 Å². The average Bonchev–Trinajstić information content (AvgIpc) is 2.94. The predicted molar refractivity (Wildman–Crippen MR) is 78.8 cm³/mol. The van der Waals surface area contributed by atoms with Crippen LogP contribution in [0.4, 0.5) is 0 Å². The van der Waals surface area contributed by atoms with Crippen LogP contribution in [0.3, 0.4) is 0 Å². The number of nitrogens with zero attached hydrogens (tertiary/aromatic N) is 4. The van der Waals surface area contributed by atoms with Gasteiger partial charge in [-0.25, -0.2) is 4.98 Å². The first-order valence-corrected chi connectivity index (χ1v) is 7.74. The largest absolute Gasteiger partial charge is 0.368 e. The zero-order valence-electron chi connectivity index (χ0n) is 12.9. The lowest BCUT2D eigenvalue weighted by Gasteiger charge is -2.40. The Kier molecular flexibility index (Phi) is 4.26. The van der Waals surface area contributed by atoms with Crippen molar-refractivity contribution in [2.45, 2.75) is 31.4 Å². The SMILES string of the molecule is CN1CCN(C(=O)[C@@H]2CCCCO2)C[C@@H]1c1nccn1C. The number of hydrogen-bond donors (Lipinski definition) is 0. The van der Waals surface area contributed by atoms with Gasteiger partial charge < -0.3 is 14.2 Å². The van der Waals surface area contributed by atoms with Crippen LogP contribution >= 0.6 is 0 Å². The molecule has 3 heterocycles. The molecule has 0 aliphatic carbocycles. The van der Waals surface area contributed by atoms with Gasteiger partial charge in [-0.3, -0.25) is 9.69 Å². The Hall–Kier alpha value is -1.40. The third kappa shape index (κ3) is 2.96. The summed E-state index contributed by atoms with van der Waals surface area (Å²) in [6.45, 7) is 3.05. The molecule has 2 atom stereocenters. The van der Waals surface area contributed by atoms with Crippen molar-refractivity contribution >= 4 is 5.91 Å². The highest BCUT2D eigenvalue weighted by molar-refractivity contribution is 5.81. The molecular formula is C15H24N4O2. The average molecular weight is 292 g/mol. The van der Waals surface area contributed by atoms with Crippen molar-refractivity contribution in [1.82, 2.24) is 19.4 Å². The van der Waals surface area contributed by atoms with Gasteiger partial charge >= 0.3 is 0 Å². The quantitative estimate of drug-likeness (QED) is 0.809. The maximum Gasteiger partial charge on any atom is 0.251 e. The molecule has 21 heavy (non-hydrogen) atoms. The summed E-state index contributed by atoms with van der Waals surface area (Å²) in [6.07, 6.45) is 6.56. The Bertz CT molecular complexity index is 496. The number of aromatic nitrogens is 2. The van der Waals surface area contributed by atoms with Crippen LogP contribution in [0.5, 0.6) is 0 Å². The molecule has 116 valence electrons. The lowest BCUT2D eigenvalue weighted by Crippen LogP contribution is -2.52. The molecule has 6 nitrogen and oxygen atoms in total. The molecule has 0 unspecified atom stereocenters.